The zero-order chi connectivity index (χ0) is 4.99. The Balaban J connectivity index is -0.000000125. The topological polar surface area (TPSA) is 17.1 Å². The zero-order valence-corrected chi connectivity index (χ0v) is 5.86. The fourth-order valence-corrected chi connectivity index (χ4v) is 0.634. The third kappa shape index (κ3) is 9.64. The molecule has 0 aliphatic carbocycles. The minimum absolute atomic E-state index is 0. The van der Waals surface area contributed by atoms with E-state index in [-0.39, 0.29) is 14.9 Å². The minimum Gasteiger partial charge on any atom is -0.299 e. The standard InChI is InChI=1S/C4H7IO.2CH4/c1-2-4(6)3-5;;/h2-3H2,1H3;2*1H4. The van der Waals surface area contributed by atoms with Gasteiger partial charge in [0.25, 0.3) is 0 Å². The number of carbonyl (C=O) groups excluding carboxylic acids is 1. The van der Waals surface area contributed by atoms with Gasteiger partial charge in [-0.25, -0.2) is 0 Å². The van der Waals surface area contributed by atoms with Gasteiger partial charge in [0.2, 0.25) is 0 Å². The molecule has 0 aromatic carbocycles. The van der Waals surface area contributed by atoms with Crippen molar-refractivity contribution in [1.82, 2.24) is 0 Å². The van der Waals surface area contributed by atoms with Crippen molar-refractivity contribution in [2.75, 3.05) is 4.43 Å². The van der Waals surface area contributed by atoms with Crippen molar-refractivity contribution in [3.05, 3.63) is 0 Å². The molecule has 0 amide bonds. The molecule has 0 aliphatic rings. The molecule has 1 nitrogen and oxygen atoms in total. The van der Waals surface area contributed by atoms with Crippen molar-refractivity contribution in [2.24, 2.45) is 0 Å². The van der Waals surface area contributed by atoms with E-state index in [1.807, 2.05) is 6.92 Å². The SMILES string of the molecule is C.C.CCC(=O)CI. The van der Waals surface area contributed by atoms with E-state index in [4.69, 9.17) is 0 Å². The molecule has 0 aliphatic heterocycles. The van der Waals surface area contributed by atoms with E-state index in [0.29, 0.717) is 16.6 Å². The maximum atomic E-state index is 10.2. The van der Waals surface area contributed by atoms with Gasteiger partial charge in [-0.15, -0.1) is 0 Å². The number of Topliss-reactive ketones (excluding diaryl/α,β-unsaturated/α-hetero) is 1. The number of hydrogen-bond acceptors (Lipinski definition) is 1. The van der Waals surface area contributed by atoms with Gasteiger partial charge in [-0.3, -0.25) is 4.79 Å². The third-order valence-electron chi connectivity index (χ3n) is 0.543. The number of alkyl halides is 1. The van der Waals surface area contributed by atoms with Crippen LogP contribution < -0.4 is 0 Å². The highest BCUT2D eigenvalue weighted by molar-refractivity contribution is 14.1. The van der Waals surface area contributed by atoms with E-state index in [1.54, 1.807) is 0 Å². The summed E-state index contributed by atoms with van der Waals surface area (Å²) in [5.41, 5.74) is 0. The highest BCUT2D eigenvalue weighted by Gasteiger charge is 1.88. The summed E-state index contributed by atoms with van der Waals surface area (Å²) >= 11 is 2.06. The second-order valence-corrected chi connectivity index (χ2v) is 1.79. The van der Waals surface area contributed by atoms with Crippen LogP contribution in [0.1, 0.15) is 28.2 Å². The summed E-state index contributed by atoms with van der Waals surface area (Å²) in [5.74, 6) is 0.329. The quantitative estimate of drug-likeness (QED) is 0.526. The largest absolute Gasteiger partial charge is 0.299 e. The molecule has 0 spiro atoms. The Morgan fingerprint density at radius 3 is 1.88 bits per heavy atom. The summed E-state index contributed by atoms with van der Waals surface area (Å²) in [6.45, 7) is 1.88. The van der Waals surface area contributed by atoms with Crippen LogP contribution in [0.2, 0.25) is 0 Å². The van der Waals surface area contributed by atoms with Gasteiger partial charge in [0, 0.05) is 6.42 Å². The van der Waals surface area contributed by atoms with Crippen LogP contribution in [-0.2, 0) is 4.79 Å². The van der Waals surface area contributed by atoms with Crippen molar-refractivity contribution >= 4 is 28.4 Å². The molecule has 52 valence electrons. The Labute approximate surface area is 66.0 Å². The molecule has 0 atom stereocenters. The summed E-state index contributed by atoms with van der Waals surface area (Å²) in [4.78, 5) is 10.2. The predicted octanol–water partition coefficient (Wildman–Crippen LogP) is 2.67. The van der Waals surface area contributed by atoms with Crippen LogP contribution in [0.25, 0.3) is 0 Å². The van der Waals surface area contributed by atoms with Gasteiger partial charge < -0.3 is 0 Å². The Morgan fingerprint density at radius 2 is 1.88 bits per heavy atom. The fraction of sp³-hybridized carbons (Fsp3) is 0.833. The van der Waals surface area contributed by atoms with Gasteiger partial charge in [-0.1, -0.05) is 44.4 Å². The minimum atomic E-state index is 0. The van der Waals surface area contributed by atoms with E-state index < -0.39 is 0 Å². The van der Waals surface area contributed by atoms with E-state index >= 15 is 0 Å². The summed E-state index contributed by atoms with van der Waals surface area (Å²) in [7, 11) is 0. The van der Waals surface area contributed by atoms with Crippen LogP contribution in [0, 0.1) is 0 Å². The molecule has 0 aromatic heterocycles. The van der Waals surface area contributed by atoms with Crippen LogP contribution in [0.3, 0.4) is 0 Å². The average Bonchev–Trinajstić information content (AvgIpc) is 1.65. The van der Waals surface area contributed by atoms with Crippen LogP contribution in [0.4, 0.5) is 0 Å². The molecule has 0 bridgehead atoms. The first-order valence-electron chi connectivity index (χ1n) is 1.89. The maximum absolute atomic E-state index is 10.2. The molecule has 2 heteroatoms. The Hall–Kier alpha value is 0.400. The Morgan fingerprint density at radius 1 is 1.50 bits per heavy atom. The average molecular weight is 230 g/mol. The smallest absolute Gasteiger partial charge is 0.142 e. The number of rotatable bonds is 2. The molecule has 0 heterocycles. The van der Waals surface area contributed by atoms with Crippen molar-refractivity contribution in [3.63, 3.8) is 0 Å². The molecule has 0 fully saturated rings. The zero-order valence-electron chi connectivity index (χ0n) is 3.70. The molecule has 0 saturated heterocycles. The first-order valence-corrected chi connectivity index (χ1v) is 3.41. The molecule has 0 N–H and O–H groups in total. The molecule has 0 unspecified atom stereocenters. The van der Waals surface area contributed by atoms with Gasteiger partial charge in [-0.05, 0) is 0 Å². The van der Waals surface area contributed by atoms with Gasteiger partial charge in [-0.2, -0.15) is 0 Å². The molecule has 0 rings (SSSR count). The lowest BCUT2D eigenvalue weighted by Gasteiger charge is -1.79. The van der Waals surface area contributed by atoms with E-state index in [0.717, 1.165) is 0 Å². The van der Waals surface area contributed by atoms with Gasteiger partial charge in [0.05, 0.1) is 4.43 Å². The number of hydrogen-bond donors (Lipinski definition) is 0. The molecule has 0 radical (unpaired) electrons. The van der Waals surface area contributed by atoms with E-state index in [2.05, 4.69) is 22.6 Å². The van der Waals surface area contributed by atoms with Crippen LogP contribution >= 0.6 is 22.6 Å². The first-order chi connectivity index (χ1) is 2.81. The number of carbonyl (C=O) groups is 1. The Kier molecular flexibility index (Phi) is 20.5. The highest BCUT2D eigenvalue weighted by atomic mass is 127. The summed E-state index contributed by atoms with van der Waals surface area (Å²) in [6.07, 6.45) is 0.683. The second-order valence-electron chi connectivity index (χ2n) is 1.03. The number of ketones is 1. The summed E-state index contributed by atoms with van der Waals surface area (Å²) in [5, 5.41) is 0. The second kappa shape index (κ2) is 10.4. The highest BCUT2D eigenvalue weighted by Crippen LogP contribution is 1.85. The van der Waals surface area contributed by atoms with Gasteiger partial charge in [0.1, 0.15) is 5.78 Å². The van der Waals surface area contributed by atoms with Gasteiger partial charge in [0.15, 0.2) is 0 Å². The molecular weight excluding hydrogens is 215 g/mol. The van der Waals surface area contributed by atoms with E-state index in [1.165, 1.54) is 0 Å². The molecular formula is C6H15IO. The van der Waals surface area contributed by atoms with Crippen molar-refractivity contribution in [1.29, 1.82) is 0 Å². The van der Waals surface area contributed by atoms with E-state index in [9.17, 15) is 4.79 Å². The summed E-state index contributed by atoms with van der Waals surface area (Å²) < 4.78 is 0.661. The molecule has 0 aromatic rings. The molecule has 8 heavy (non-hydrogen) atoms. The van der Waals surface area contributed by atoms with Crippen molar-refractivity contribution in [2.45, 2.75) is 28.2 Å². The van der Waals surface area contributed by atoms with Crippen molar-refractivity contribution in [3.8, 4) is 0 Å². The lowest BCUT2D eigenvalue weighted by atomic mass is 10.4. The first kappa shape index (κ1) is 15.8. The third-order valence-corrected chi connectivity index (χ3v) is 1.39. The van der Waals surface area contributed by atoms with Crippen molar-refractivity contribution < 1.29 is 4.79 Å². The normalized spacial score (nSPS) is 6.25. The number of halogens is 1. The monoisotopic (exact) mass is 230 g/mol. The lowest BCUT2D eigenvalue weighted by molar-refractivity contribution is -0.116. The predicted molar refractivity (Wildman–Crippen MR) is 47.6 cm³/mol. The molecule has 0 saturated carbocycles. The van der Waals surface area contributed by atoms with Crippen LogP contribution in [0.5, 0.6) is 0 Å². The summed E-state index contributed by atoms with van der Waals surface area (Å²) in [6, 6.07) is 0. The Bertz CT molecular complexity index is 46.5. The lowest BCUT2D eigenvalue weighted by Crippen LogP contribution is -1.92. The fourth-order valence-electron chi connectivity index (χ4n) is 0.0945. The van der Waals surface area contributed by atoms with Crippen LogP contribution in [-0.4, -0.2) is 10.2 Å². The van der Waals surface area contributed by atoms with Gasteiger partial charge >= 0.3 is 0 Å². The maximum Gasteiger partial charge on any atom is 0.142 e. The van der Waals surface area contributed by atoms with Crippen LogP contribution in [0.15, 0.2) is 0 Å².